The molecule has 1 aliphatic rings. The van der Waals surface area contributed by atoms with Crippen LogP contribution in [0.3, 0.4) is 0 Å². The predicted molar refractivity (Wildman–Crippen MR) is 112 cm³/mol. The highest BCUT2D eigenvalue weighted by molar-refractivity contribution is 6.31. The molecule has 1 fully saturated rings. The maximum atomic E-state index is 12.1. The van der Waals surface area contributed by atoms with Crippen LogP contribution in [-0.4, -0.2) is 52.9 Å². The van der Waals surface area contributed by atoms with Gasteiger partial charge in [-0.2, -0.15) is 0 Å². The van der Waals surface area contributed by atoms with Crippen LogP contribution in [-0.2, 0) is 0 Å². The Labute approximate surface area is 171 Å². The third kappa shape index (κ3) is 6.79. The van der Waals surface area contributed by atoms with E-state index in [-0.39, 0.29) is 28.4 Å². The molecule has 0 radical (unpaired) electrons. The van der Waals surface area contributed by atoms with Gasteiger partial charge in [0.15, 0.2) is 28.4 Å². The number of carbonyl (C=O) groups excluding carboxylic acids is 1. The Balaban J connectivity index is 1.61. The first-order chi connectivity index (χ1) is 13.4. The Hall–Kier alpha value is -2.13. The molecule has 0 unspecified atom stereocenters. The monoisotopic (exact) mass is 410 g/mol. The number of rotatable bonds is 8. The fraction of sp³-hybridized carbons (Fsp3) is 0.667. The van der Waals surface area contributed by atoms with Crippen molar-refractivity contribution in [3.63, 3.8) is 0 Å². The Morgan fingerprint density at radius 3 is 2.64 bits per heavy atom. The summed E-state index contributed by atoms with van der Waals surface area (Å²) in [6.07, 6.45) is 7.07. The quantitative estimate of drug-likeness (QED) is 0.249. The summed E-state index contributed by atoms with van der Waals surface area (Å²) in [5.41, 5.74) is 11.0. The number of hydrogen-bond acceptors (Lipinski definition) is 7. The highest BCUT2D eigenvalue weighted by Crippen LogP contribution is 2.22. The van der Waals surface area contributed by atoms with Crippen molar-refractivity contribution in [2.45, 2.75) is 45.4 Å². The molecule has 0 saturated carbocycles. The lowest BCUT2D eigenvalue weighted by Gasteiger charge is -2.31. The number of nitrogen functional groups attached to an aromatic ring is 2. The lowest BCUT2D eigenvalue weighted by molar-refractivity contribution is 0.0971. The largest absolute Gasteiger partial charge is 0.382 e. The van der Waals surface area contributed by atoms with Gasteiger partial charge >= 0.3 is 0 Å². The van der Waals surface area contributed by atoms with E-state index < -0.39 is 5.91 Å². The molecule has 0 bridgehead atoms. The number of unbranched alkanes of at least 4 members (excludes halogenated alkanes) is 1. The first-order valence-electron chi connectivity index (χ1n) is 9.85. The van der Waals surface area contributed by atoms with Crippen molar-refractivity contribution in [2.75, 3.05) is 37.6 Å². The minimum absolute atomic E-state index is 0.0417. The standard InChI is InChI=1S/C18H31ClN8O/c1-2-9-27-10-6-12(7-11-27)5-3-4-8-23-18(22)26-17(28)13-15(20)25-16(21)14(19)24-13/h12H,2-11H2,1H3,(H4,20,21,25)(H3,22,23,26,28). The van der Waals surface area contributed by atoms with Gasteiger partial charge in [0.2, 0.25) is 0 Å². The maximum absolute atomic E-state index is 12.1. The first kappa shape index (κ1) is 22.2. The second kappa shape index (κ2) is 11.0. The molecule has 7 N–H and O–H groups in total. The molecule has 0 atom stereocenters. The smallest absolute Gasteiger partial charge is 0.280 e. The summed E-state index contributed by atoms with van der Waals surface area (Å²) in [6, 6.07) is 0. The number of aromatic nitrogens is 2. The second-order valence-corrected chi connectivity index (χ2v) is 7.53. The summed E-state index contributed by atoms with van der Waals surface area (Å²) in [4.78, 5) is 22.2. The minimum atomic E-state index is -0.650. The van der Waals surface area contributed by atoms with E-state index in [2.05, 4.69) is 32.4 Å². The van der Waals surface area contributed by atoms with Crippen molar-refractivity contribution < 1.29 is 4.79 Å². The van der Waals surface area contributed by atoms with Crippen LogP contribution >= 0.6 is 11.6 Å². The van der Waals surface area contributed by atoms with Crippen LogP contribution in [0.4, 0.5) is 11.6 Å². The summed E-state index contributed by atoms with van der Waals surface area (Å²) in [6.45, 7) is 6.50. The molecule has 1 aliphatic heterocycles. The average Bonchev–Trinajstić information content (AvgIpc) is 2.66. The van der Waals surface area contributed by atoms with E-state index in [1.54, 1.807) is 0 Å². The van der Waals surface area contributed by atoms with E-state index in [9.17, 15) is 4.79 Å². The predicted octanol–water partition coefficient (Wildman–Crippen LogP) is 1.84. The number of nitrogens with zero attached hydrogens (tertiary/aromatic N) is 3. The van der Waals surface area contributed by atoms with Crippen LogP contribution in [0.25, 0.3) is 0 Å². The third-order valence-electron chi connectivity index (χ3n) is 4.95. The van der Waals surface area contributed by atoms with Crippen molar-refractivity contribution in [2.24, 2.45) is 5.92 Å². The number of piperidine rings is 1. The van der Waals surface area contributed by atoms with Gasteiger partial charge in [0, 0.05) is 6.54 Å². The summed E-state index contributed by atoms with van der Waals surface area (Å²) in [5.74, 6) is -0.114. The molecular formula is C18H31ClN8O. The summed E-state index contributed by atoms with van der Waals surface area (Å²) >= 11 is 5.77. The maximum Gasteiger partial charge on any atom is 0.280 e. The zero-order valence-corrected chi connectivity index (χ0v) is 17.2. The summed E-state index contributed by atoms with van der Waals surface area (Å²) < 4.78 is 0. The molecule has 1 saturated heterocycles. The van der Waals surface area contributed by atoms with Crippen LogP contribution in [0.15, 0.2) is 0 Å². The molecule has 2 heterocycles. The molecule has 1 aromatic rings. The molecule has 1 aromatic heterocycles. The molecule has 9 nitrogen and oxygen atoms in total. The number of carbonyl (C=O) groups is 1. The van der Waals surface area contributed by atoms with Gasteiger partial charge < -0.3 is 21.7 Å². The van der Waals surface area contributed by atoms with E-state index in [0.29, 0.717) is 6.54 Å². The topological polar surface area (TPSA) is 146 Å². The van der Waals surface area contributed by atoms with E-state index in [4.69, 9.17) is 28.5 Å². The van der Waals surface area contributed by atoms with Gasteiger partial charge in [0.1, 0.15) is 0 Å². The van der Waals surface area contributed by atoms with Crippen LogP contribution < -0.4 is 22.1 Å². The molecule has 0 aliphatic carbocycles. The molecule has 0 spiro atoms. The summed E-state index contributed by atoms with van der Waals surface area (Å²) in [5, 5.41) is 13.0. The number of nitrogens with two attached hydrogens (primary N) is 2. The zero-order valence-electron chi connectivity index (χ0n) is 16.4. The number of guanidine groups is 1. The molecule has 28 heavy (non-hydrogen) atoms. The number of likely N-dealkylation sites (tertiary alicyclic amines) is 1. The van der Waals surface area contributed by atoms with Crippen LogP contribution in [0, 0.1) is 11.3 Å². The van der Waals surface area contributed by atoms with Crippen molar-refractivity contribution in [3.05, 3.63) is 10.8 Å². The average molecular weight is 411 g/mol. The molecule has 0 aromatic carbocycles. The van der Waals surface area contributed by atoms with Crippen molar-refractivity contribution in [3.8, 4) is 0 Å². The van der Waals surface area contributed by atoms with Crippen molar-refractivity contribution in [1.29, 1.82) is 5.41 Å². The van der Waals surface area contributed by atoms with Gasteiger partial charge in [-0.3, -0.25) is 15.5 Å². The zero-order chi connectivity index (χ0) is 20.5. The van der Waals surface area contributed by atoms with Crippen molar-refractivity contribution in [1.82, 2.24) is 25.5 Å². The number of anilines is 2. The SMILES string of the molecule is CCCN1CCC(CCCCNC(=N)NC(=O)c2nc(Cl)c(N)nc2N)CC1. The van der Waals surface area contributed by atoms with Crippen LogP contribution in [0.5, 0.6) is 0 Å². The number of amides is 1. The molecule has 156 valence electrons. The Bertz CT molecular complexity index is 676. The van der Waals surface area contributed by atoms with E-state index in [0.717, 1.165) is 18.8 Å². The summed E-state index contributed by atoms with van der Waals surface area (Å²) in [7, 11) is 0. The number of halogens is 1. The fourth-order valence-corrected chi connectivity index (χ4v) is 3.54. The van der Waals surface area contributed by atoms with E-state index in [1.807, 2.05) is 0 Å². The highest BCUT2D eigenvalue weighted by atomic mass is 35.5. The first-order valence-corrected chi connectivity index (χ1v) is 10.2. The van der Waals surface area contributed by atoms with Gasteiger partial charge in [0.05, 0.1) is 0 Å². The normalized spacial score (nSPS) is 15.4. The fourth-order valence-electron chi connectivity index (χ4n) is 3.41. The van der Waals surface area contributed by atoms with Gasteiger partial charge in [-0.05, 0) is 51.2 Å². The van der Waals surface area contributed by atoms with E-state index >= 15 is 0 Å². The Kier molecular flexibility index (Phi) is 8.72. The van der Waals surface area contributed by atoms with Gasteiger partial charge in [-0.1, -0.05) is 31.4 Å². The van der Waals surface area contributed by atoms with Crippen LogP contribution in [0.2, 0.25) is 5.15 Å². The third-order valence-corrected chi connectivity index (χ3v) is 5.22. The second-order valence-electron chi connectivity index (χ2n) is 7.17. The van der Waals surface area contributed by atoms with Crippen LogP contribution in [0.1, 0.15) is 55.9 Å². The van der Waals surface area contributed by atoms with Gasteiger partial charge in [0.25, 0.3) is 5.91 Å². The molecule has 1 amide bonds. The highest BCUT2D eigenvalue weighted by Gasteiger charge is 2.18. The van der Waals surface area contributed by atoms with E-state index in [1.165, 1.54) is 45.3 Å². The number of nitrogens with one attached hydrogen (secondary N) is 3. The lowest BCUT2D eigenvalue weighted by atomic mass is 9.91. The molecular weight excluding hydrogens is 380 g/mol. The molecule has 2 rings (SSSR count). The number of hydrogen-bond donors (Lipinski definition) is 5. The van der Waals surface area contributed by atoms with Gasteiger partial charge in [-0.25, -0.2) is 9.97 Å². The Morgan fingerprint density at radius 2 is 1.96 bits per heavy atom. The Morgan fingerprint density at radius 1 is 1.25 bits per heavy atom. The lowest BCUT2D eigenvalue weighted by Crippen LogP contribution is -2.41. The molecule has 10 heteroatoms. The minimum Gasteiger partial charge on any atom is -0.382 e. The van der Waals surface area contributed by atoms with Crippen molar-refractivity contribution >= 4 is 35.1 Å². The van der Waals surface area contributed by atoms with Gasteiger partial charge in [-0.15, -0.1) is 0 Å².